The molecule has 1 N–H and O–H groups in total. The molecule has 4 aromatic rings. The Morgan fingerprint density at radius 1 is 1.03 bits per heavy atom. The first-order valence-electron chi connectivity index (χ1n) is 8.99. The molecule has 0 bridgehead atoms. The van der Waals surface area contributed by atoms with Gasteiger partial charge in [0.05, 0.1) is 22.7 Å². The third kappa shape index (κ3) is 4.33. The Labute approximate surface area is 172 Å². The monoisotopic (exact) mass is 408 g/mol. The summed E-state index contributed by atoms with van der Waals surface area (Å²) in [6, 6.07) is 20.0. The van der Waals surface area contributed by atoms with E-state index in [2.05, 4.69) is 9.97 Å². The van der Waals surface area contributed by atoms with Gasteiger partial charge in [0.15, 0.2) is 0 Å². The third-order valence-corrected chi connectivity index (χ3v) is 4.42. The number of carbonyl (C=O) groups is 1. The van der Waals surface area contributed by atoms with Gasteiger partial charge in [-0.25, -0.2) is 9.78 Å². The number of aromatic amines is 1. The normalized spacial score (nSPS) is 10.7. The number of hydrogen-bond donors (Lipinski definition) is 1. The molecule has 0 aliphatic heterocycles. The van der Waals surface area contributed by atoms with Crippen LogP contribution in [0, 0.1) is 0 Å². The number of nitrogens with one attached hydrogen (secondary N) is 1. The van der Waals surface area contributed by atoms with Crippen LogP contribution in [0.1, 0.15) is 6.92 Å². The van der Waals surface area contributed by atoms with Crippen LogP contribution in [0.4, 0.5) is 4.79 Å². The van der Waals surface area contributed by atoms with Crippen molar-refractivity contribution in [3.8, 4) is 28.6 Å². The van der Waals surface area contributed by atoms with Gasteiger partial charge < -0.3 is 19.2 Å². The van der Waals surface area contributed by atoms with Crippen molar-refractivity contribution in [1.29, 1.82) is 0 Å². The van der Waals surface area contributed by atoms with Gasteiger partial charge in [0.25, 0.3) is 0 Å². The van der Waals surface area contributed by atoms with Crippen LogP contribution in [0.25, 0.3) is 22.4 Å². The molecular weight excluding hydrogens is 392 g/mol. The van der Waals surface area contributed by atoms with Gasteiger partial charge in [-0.05, 0) is 55.5 Å². The van der Waals surface area contributed by atoms with Crippen molar-refractivity contribution in [1.82, 2.24) is 9.97 Å². The lowest BCUT2D eigenvalue weighted by Gasteiger charge is -2.07. The predicted octanol–water partition coefficient (Wildman–Crippen LogP) is 6.21. The second-order valence-electron chi connectivity index (χ2n) is 6.11. The third-order valence-electron chi connectivity index (χ3n) is 4.11. The SMILES string of the molecule is CCOC(=O)Oc1ccc2nc(-c3ccc(Oc4ccccc4Cl)cc3)[nH]c2c1. The lowest BCUT2D eigenvalue weighted by atomic mass is 10.2. The highest BCUT2D eigenvalue weighted by molar-refractivity contribution is 6.32. The molecule has 0 amide bonds. The van der Waals surface area contributed by atoms with Crippen molar-refractivity contribution in [2.24, 2.45) is 0 Å². The number of para-hydroxylation sites is 1. The van der Waals surface area contributed by atoms with Crippen LogP contribution >= 0.6 is 11.6 Å². The van der Waals surface area contributed by atoms with Crippen LogP contribution in [0.5, 0.6) is 17.2 Å². The maximum absolute atomic E-state index is 11.5. The quantitative estimate of drug-likeness (QED) is 0.314. The second-order valence-corrected chi connectivity index (χ2v) is 6.51. The number of nitrogens with zero attached hydrogens (tertiary/aromatic N) is 1. The topological polar surface area (TPSA) is 73.4 Å². The van der Waals surface area contributed by atoms with Crippen LogP contribution < -0.4 is 9.47 Å². The molecule has 7 heteroatoms. The Morgan fingerprint density at radius 3 is 2.55 bits per heavy atom. The number of aromatic nitrogens is 2. The first kappa shape index (κ1) is 18.8. The molecule has 0 aliphatic carbocycles. The van der Waals surface area contributed by atoms with Gasteiger partial charge >= 0.3 is 6.16 Å². The summed E-state index contributed by atoms with van der Waals surface area (Å²) in [5.74, 6) is 2.34. The molecule has 3 aromatic carbocycles. The highest BCUT2D eigenvalue weighted by atomic mass is 35.5. The van der Waals surface area contributed by atoms with Crippen molar-refractivity contribution in [2.75, 3.05) is 6.61 Å². The van der Waals surface area contributed by atoms with E-state index in [1.807, 2.05) is 42.5 Å². The number of ether oxygens (including phenoxy) is 3. The molecule has 29 heavy (non-hydrogen) atoms. The summed E-state index contributed by atoms with van der Waals surface area (Å²) in [6.45, 7) is 1.97. The number of benzene rings is 3. The number of rotatable bonds is 5. The highest BCUT2D eigenvalue weighted by Crippen LogP contribution is 2.30. The fourth-order valence-electron chi connectivity index (χ4n) is 2.77. The van der Waals surface area contributed by atoms with Crippen molar-refractivity contribution >= 4 is 28.8 Å². The van der Waals surface area contributed by atoms with Gasteiger partial charge in [-0.2, -0.15) is 0 Å². The average Bonchev–Trinajstić information content (AvgIpc) is 3.14. The van der Waals surface area contributed by atoms with Gasteiger partial charge in [-0.3, -0.25) is 0 Å². The Kier molecular flexibility index (Phi) is 5.35. The van der Waals surface area contributed by atoms with Gasteiger partial charge in [0, 0.05) is 11.6 Å². The van der Waals surface area contributed by atoms with Crippen LogP contribution in [-0.2, 0) is 4.74 Å². The molecule has 0 radical (unpaired) electrons. The van der Waals surface area contributed by atoms with Gasteiger partial charge in [-0.1, -0.05) is 23.7 Å². The van der Waals surface area contributed by atoms with Gasteiger partial charge in [0.1, 0.15) is 23.1 Å². The minimum atomic E-state index is -0.735. The summed E-state index contributed by atoms with van der Waals surface area (Å²) in [4.78, 5) is 19.3. The van der Waals surface area contributed by atoms with Crippen molar-refractivity contribution < 1.29 is 19.0 Å². The summed E-state index contributed by atoms with van der Waals surface area (Å²) in [5.41, 5.74) is 2.39. The maximum atomic E-state index is 11.5. The molecule has 0 atom stereocenters. The molecule has 0 saturated carbocycles. The standard InChI is InChI=1S/C22H17ClN2O4/c1-2-27-22(26)29-16-11-12-18-19(13-16)25-21(24-18)14-7-9-15(10-8-14)28-20-6-4-3-5-17(20)23/h3-13H,2H2,1H3,(H,24,25). The smallest absolute Gasteiger partial charge is 0.456 e. The van der Waals surface area contributed by atoms with E-state index in [9.17, 15) is 4.79 Å². The fourth-order valence-corrected chi connectivity index (χ4v) is 2.94. The minimum absolute atomic E-state index is 0.255. The van der Waals surface area contributed by atoms with Crippen LogP contribution in [0.15, 0.2) is 66.7 Å². The Balaban J connectivity index is 1.53. The Hall–Kier alpha value is -3.51. The first-order valence-corrected chi connectivity index (χ1v) is 9.37. The number of H-pyrrole nitrogens is 1. The number of imidazole rings is 1. The maximum Gasteiger partial charge on any atom is 0.513 e. The van der Waals surface area contributed by atoms with Gasteiger partial charge in [0.2, 0.25) is 0 Å². The number of halogens is 1. The summed E-state index contributed by atoms with van der Waals surface area (Å²) in [5, 5.41) is 0.551. The molecule has 1 aromatic heterocycles. The summed E-state index contributed by atoms with van der Waals surface area (Å²) >= 11 is 6.13. The molecule has 146 valence electrons. The first-order chi connectivity index (χ1) is 14.1. The van der Waals surface area contributed by atoms with Crippen LogP contribution in [0.2, 0.25) is 5.02 Å². The number of fused-ring (bicyclic) bond motifs is 1. The van der Waals surface area contributed by atoms with E-state index in [-0.39, 0.29) is 6.61 Å². The van der Waals surface area contributed by atoms with E-state index in [1.54, 1.807) is 31.2 Å². The van der Waals surface area contributed by atoms with E-state index >= 15 is 0 Å². The minimum Gasteiger partial charge on any atom is -0.456 e. The van der Waals surface area contributed by atoms with E-state index in [4.69, 9.17) is 25.8 Å². The molecule has 0 spiro atoms. The van der Waals surface area contributed by atoms with Crippen molar-refractivity contribution in [3.63, 3.8) is 0 Å². The van der Waals surface area contributed by atoms with E-state index in [1.165, 1.54) is 0 Å². The van der Waals surface area contributed by atoms with Crippen molar-refractivity contribution in [3.05, 3.63) is 71.8 Å². The molecular formula is C22H17ClN2O4. The van der Waals surface area contributed by atoms with E-state index in [0.29, 0.717) is 28.1 Å². The predicted molar refractivity (Wildman–Crippen MR) is 111 cm³/mol. The molecule has 0 saturated heterocycles. The zero-order valence-corrected chi connectivity index (χ0v) is 16.3. The molecule has 4 rings (SSSR count). The highest BCUT2D eigenvalue weighted by Gasteiger charge is 2.10. The van der Waals surface area contributed by atoms with Crippen molar-refractivity contribution in [2.45, 2.75) is 6.92 Å². The lowest BCUT2D eigenvalue weighted by Crippen LogP contribution is -2.09. The van der Waals surface area contributed by atoms with Gasteiger partial charge in [-0.15, -0.1) is 0 Å². The fraction of sp³-hybridized carbons (Fsp3) is 0.0909. The summed E-state index contributed by atoms with van der Waals surface area (Å²) < 4.78 is 15.7. The summed E-state index contributed by atoms with van der Waals surface area (Å²) in [6.07, 6.45) is -0.735. The molecule has 0 unspecified atom stereocenters. The lowest BCUT2D eigenvalue weighted by molar-refractivity contribution is 0.104. The number of hydrogen-bond acceptors (Lipinski definition) is 5. The second kappa shape index (κ2) is 8.24. The molecule has 6 nitrogen and oxygen atoms in total. The Morgan fingerprint density at radius 2 is 1.79 bits per heavy atom. The van der Waals surface area contributed by atoms with Crippen LogP contribution in [-0.4, -0.2) is 22.7 Å². The zero-order valence-electron chi connectivity index (χ0n) is 15.5. The molecule has 0 fully saturated rings. The average molecular weight is 409 g/mol. The van der Waals surface area contributed by atoms with Crippen LogP contribution in [0.3, 0.4) is 0 Å². The Bertz CT molecular complexity index is 1160. The molecule has 0 aliphatic rings. The van der Waals surface area contributed by atoms with E-state index < -0.39 is 6.16 Å². The largest absolute Gasteiger partial charge is 0.513 e. The zero-order chi connectivity index (χ0) is 20.2. The summed E-state index contributed by atoms with van der Waals surface area (Å²) in [7, 11) is 0. The van der Waals surface area contributed by atoms with E-state index in [0.717, 1.165) is 16.6 Å². The molecule has 1 heterocycles. The number of carbonyl (C=O) groups excluding carboxylic acids is 1.